The molecule has 0 saturated carbocycles. The predicted octanol–water partition coefficient (Wildman–Crippen LogP) is -0.608. The highest BCUT2D eigenvalue weighted by Gasteiger charge is 2.21. The van der Waals surface area contributed by atoms with Crippen molar-refractivity contribution < 1.29 is 13.2 Å². The molecule has 118 valence electrons. The van der Waals surface area contributed by atoms with E-state index in [0.717, 1.165) is 0 Å². The first-order valence-electron chi connectivity index (χ1n) is 6.80. The number of carbonyl (C=O) groups is 1. The molecular formula is C13H22N4O3S. The summed E-state index contributed by atoms with van der Waals surface area (Å²) >= 11 is 0. The van der Waals surface area contributed by atoms with E-state index >= 15 is 0 Å². The summed E-state index contributed by atoms with van der Waals surface area (Å²) in [6.45, 7) is 1.50. The number of amides is 1. The molecule has 0 aliphatic heterocycles. The summed E-state index contributed by atoms with van der Waals surface area (Å²) in [7, 11) is -3.73. The molecule has 0 fully saturated rings. The Hall–Kier alpha value is -1.48. The molecule has 0 unspecified atom stereocenters. The molecule has 1 rings (SSSR count). The Morgan fingerprint density at radius 3 is 2.33 bits per heavy atom. The van der Waals surface area contributed by atoms with Crippen LogP contribution in [0.15, 0.2) is 29.2 Å². The Bertz CT molecular complexity index is 560. The molecular weight excluding hydrogens is 292 g/mol. The Labute approximate surface area is 125 Å². The number of sulfonamides is 1. The summed E-state index contributed by atoms with van der Waals surface area (Å²) < 4.78 is 26.9. The molecule has 1 aromatic rings. The van der Waals surface area contributed by atoms with Gasteiger partial charge in [0.05, 0.1) is 10.5 Å². The zero-order chi connectivity index (χ0) is 15.7. The first-order valence-corrected chi connectivity index (χ1v) is 8.28. The summed E-state index contributed by atoms with van der Waals surface area (Å²) in [4.78, 5) is 12.0. The van der Waals surface area contributed by atoms with Crippen LogP contribution >= 0.6 is 0 Å². The average molecular weight is 314 g/mol. The van der Waals surface area contributed by atoms with Gasteiger partial charge in [-0.3, -0.25) is 4.79 Å². The molecule has 0 aliphatic rings. The zero-order valence-corrected chi connectivity index (χ0v) is 12.7. The van der Waals surface area contributed by atoms with Crippen molar-refractivity contribution in [3.8, 4) is 0 Å². The highest BCUT2D eigenvalue weighted by Crippen LogP contribution is 2.15. The van der Waals surface area contributed by atoms with Crippen molar-refractivity contribution in [3.05, 3.63) is 29.8 Å². The van der Waals surface area contributed by atoms with Crippen molar-refractivity contribution in [1.82, 2.24) is 10.0 Å². The van der Waals surface area contributed by atoms with Gasteiger partial charge in [0.2, 0.25) is 10.0 Å². The van der Waals surface area contributed by atoms with Gasteiger partial charge < -0.3 is 16.8 Å². The second-order valence-electron chi connectivity index (χ2n) is 4.43. The molecule has 0 bridgehead atoms. The van der Waals surface area contributed by atoms with Crippen molar-refractivity contribution in [3.63, 3.8) is 0 Å². The lowest BCUT2D eigenvalue weighted by molar-refractivity contribution is 0.0950. The fourth-order valence-electron chi connectivity index (χ4n) is 1.67. The molecule has 0 radical (unpaired) electrons. The first-order chi connectivity index (χ1) is 10.0. The van der Waals surface area contributed by atoms with E-state index in [1.807, 2.05) is 0 Å². The summed E-state index contributed by atoms with van der Waals surface area (Å²) in [6, 6.07) is 6.09. The summed E-state index contributed by atoms with van der Waals surface area (Å²) in [5.74, 6) is -0.428. The van der Waals surface area contributed by atoms with Gasteiger partial charge >= 0.3 is 0 Å². The number of benzene rings is 1. The Kier molecular flexibility index (Phi) is 7.30. The van der Waals surface area contributed by atoms with Crippen LogP contribution < -0.4 is 21.5 Å². The number of hydrogen-bond donors (Lipinski definition) is 4. The van der Waals surface area contributed by atoms with E-state index in [4.69, 9.17) is 11.5 Å². The minimum Gasteiger partial charge on any atom is -0.352 e. The maximum atomic E-state index is 12.2. The fraction of sp³-hybridized carbons (Fsp3) is 0.462. The highest BCUT2D eigenvalue weighted by atomic mass is 32.2. The summed E-state index contributed by atoms with van der Waals surface area (Å²) in [5.41, 5.74) is 10.8. The van der Waals surface area contributed by atoms with Crippen LogP contribution in [0, 0.1) is 0 Å². The van der Waals surface area contributed by atoms with Crippen LogP contribution in [-0.2, 0) is 10.0 Å². The number of nitrogens with one attached hydrogen (secondary N) is 2. The van der Waals surface area contributed by atoms with Crippen LogP contribution in [0.5, 0.6) is 0 Å². The van der Waals surface area contributed by atoms with Crippen LogP contribution in [0.4, 0.5) is 0 Å². The quantitative estimate of drug-likeness (QED) is 0.452. The third-order valence-electron chi connectivity index (χ3n) is 2.76. The molecule has 1 amide bonds. The molecule has 0 aliphatic carbocycles. The first kappa shape index (κ1) is 17.6. The SMILES string of the molecule is NCCCNC(=O)c1ccccc1S(=O)(=O)NCCCN. The van der Waals surface area contributed by atoms with E-state index in [9.17, 15) is 13.2 Å². The van der Waals surface area contributed by atoms with E-state index < -0.39 is 15.9 Å². The Morgan fingerprint density at radius 2 is 1.67 bits per heavy atom. The maximum absolute atomic E-state index is 12.2. The van der Waals surface area contributed by atoms with Gasteiger partial charge in [0.25, 0.3) is 5.91 Å². The van der Waals surface area contributed by atoms with Gasteiger partial charge in [-0.05, 0) is 38.1 Å². The van der Waals surface area contributed by atoms with E-state index in [-0.39, 0.29) is 17.0 Å². The maximum Gasteiger partial charge on any atom is 0.252 e. The fourth-order valence-corrected chi connectivity index (χ4v) is 2.95. The minimum atomic E-state index is -3.73. The van der Waals surface area contributed by atoms with Crippen molar-refractivity contribution >= 4 is 15.9 Å². The number of nitrogens with two attached hydrogens (primary N) is 2. The number of carbonyl (C=O) groups excluding carboxylic acids is 1. The van der Waals surface area contributed by atoms with Crippen LogP contribution in [-0.4, -0.2) is 40.5 Å². The molecule has 0 saturated heterocycles. The molecule has 8 heteroatoms. The lowest BCUT2D eigenvalue weighted by atomic mass is 10.2. The highest BCUT2D eigenvalue weighted by molar-refractivity contribution is 7.89. The largest absolute Gasteiger partial charge is 0.352 e. The van der Waals surface area contributed by atoms with E-state index in [1.54, 1.807) is 12.1 Å². The third-order valence-corrected chi connectivity index (χ3v) is 4.28. The predicted molar refractivity (Wildman–Crippen MR) is 81.3 cm³/mol. The average Bonchev–Trinajstić information content (AvgIpc) is 2.47. The molecule has 0 atom stereocenters. The number of rotatable bonds is 9. The monoisotopic (exact) mass is 314 g/mol. The van der Waals surface area contributed by atoms with Gasteiger partial charge in [-0.1, -0.05) is 12.1 Å². The zero-order valence-electron chi connectivity index (χ0n) is 11.8. The van der Waals surface area contributed by atoms with Gasteiger partial charge in [-0.2, -0.15) is 0 Å². The third kappa shape index (κ3) is 5.43. The van der Waals surface area contributed by atoms with Crippen LogP contribution in [0.2, 0.25) is 0 Å². The van der Waals surface area contributed by atoms with Crippen molar-refractivity contribution in [1.29, 1.82) is 0 Å². The van der Waals surface area contributed by atoms with Crippen LogP contribution in [0.3, 0.4) is 0 Å². The van der Waals surface area contributed by atoms with E-state index in [2.05, 4.69) is 10.0 Å². The normalized spacial score (nSPS) is 11.3. The summed E-state index contributed by atoms with van der Waals surface area (Å²) in [6.07, 6.45) is 1.17. The second kappa shape index (κ2) is 8.73. The van der Waals surface area contributed by atoms with Crippen molar-refractivity contribution in [2.75, 3.05) is 26.2 Å². The lowest BCUT2D eigenvalue weighted by Crippen LogP contribution is -2.31. The van der Waals surface area contributed by atoms with Gasteiger partial charge in [0.1, 0.15) is 0 Å². The molecule has 7 nitrogen and oxygen atoms in total. The van der Waals surface area contributed by atoms with Crippen molar-refractivity contribution in [2.24, 2.45) is 11.5 Å². The number of hydrogen-bond acceptors (Lipinski definition) is 5. The van der Waals surface area contributed by atoms with Crippen LogP contribution in [0.1, 0.15) is 23.2 Å². The lowest BCUT2D eigenvalue weighted by Gasteiger charge is -2.11. The van der Waals surface area contributed by atoms with E-state index in [1.165, 1.54) is 12.1 Å². The standard InChI is InChI=1S/C13H22N4O3S/c14-7-3-9-16-13(18)11-5-1-2-6-12(11)21(19,20)17-10-4-8-15/h1-2,5-6,17H,3-4,7-10,14-15H2,(H,16,18). The van der Waals surface area contributed by atoms with Gasteiger partial charge in [-0.15, -0.1) is 0 Å². The summed E-state index contributed by atoms with van der Waals surface area (Å²) in [5, 5.41) is 2.65. The molecule has 6 N–H and O–H groups in total. The topological polar surface area (TPSA) is 127 Å². The van der Waals surface area contributed by atoms with Gasteiger partial charge in [-0.25, -0.2) is 13.1 Å². The molecule has 0 heterocycles. The van der Waals surface area contributed by atoms with Crippen LogP contribution in [0.25, 0.3) is 0 Å². The second-order valence-corrected chi connectivity index (χ2v) is 6.17. The molecule has 0 spiro atoms. The van der Waals surface area contributed by atoms with Gasteiger partial charge in [0.15, 0.2) is 0 Å². The molecule has 0 aromatic heterocycles. The molecule has 21 heavy (non-hydrogen) atoms. The molecule has 1 aromatic carbocycles. The minimum absolute atomic E-state index is 0.0349. The van der Waals surface area contributed by atoms with E-state index in [0.29, 0.717) is 32.5 Å². The van der Waals surface area contributed by atoms with Gasteiger partial charge in [0, 0.05) is 13.1 Å². The Balaban J connectivity index is 2.90. The Morgan fingerprint density at radius 1 is 1.05 bits per heavy atom. The van der Waals surface area contributed by atoms with Crippen molar-refractivity contribution in [2.45, 2.75) is 17.7 Å². The smallest absolute Gasteiger partial charge is 0.252 e.